The van der Waals surface area contributed by atoms with Crippen LogP contribution in [0.1, 0.15) is 59.8 Å². The minimum Gasteiger partial charge on any atom is -0.375 e. The Bertz CT molecular complexity index is 185. The van der Waals surface area contributed by atoms with E-state index in [1.807, 2.05) is 13.8 Å². The smallest absolute Gasteiger partial charge is 0.0603 e. The van der Waals surface area contributed by atoms with Gasteiger partial charge in [-0.05, 0) is 45.1 Å². The number of rotatable bonds is 4. The summed E-state index contributed by atoms with van der Waals surface area (Å²) in [5, 5.41) is 0. The number of likely N-dealkylation sites (tertiary alicyclic amines) is 1. The molecule has 2 N–H and O–H groups in total. The van der Waals surface area contributed by atoms with Gasteiger partial charge in [-0.1, -0.05) is 27.7 Å². The van der Waals surface area contributed by atoms with E-state index in [2.05, 4.69) is 24.5 Å². The zero-order valence-corrected chi connectivity index (χ0v) is 13.8. The fraction of sp³-hybridized carbons (Fsp3) is 1.00. The van der Waals surface area contributed by atoms with Gasteiger partial charge in [0, 0.05) is 19.6 Å². The van der Waals surface area contributed by atoms with Crippen molar-refractivity contribution in [2.24, 2.45) is 11.7 Å². The fourth-order valence-electron chi connectivity index (χ4n) is 2.52. The van der Waals surface area contributed by atoms with Crippen LogP contribution in [0.4, 0.5) is 0 Å². The maximum Gasteiger partial charge on any atom is 0.0603 e. The van der Waals surface area contributed by atoms with Gasteiger partial charge in [-0.2, -0.15) is 0 Å². The molecule has 0 atom stereocenters. The predicted octanol–water partition coefficient (Wildman–Crippen LogP) is 3.28. The molecule has 0 amide bonds. The van der Waals surface area contributed by atoms with Crippen LogP contribution in [-0.2, 0) is 4.74 Å². The molecule has 116 valence electrons. The second-order valence-corrected chi connectivity index (χ2v) is 5.58. The summed E-state index contributed by atoms with van der Waals surface area (Å²) < 4.78 is 6.05. The van der Waals surface area contributed by atoms with Crippen molar-refractivity contribution in [3.63, 3.8) is 0 Å². The van der Waals surface area contributed by atoms with Crippen LogP contribution < -0.4 is 5.73 Å². The molecule has 1 aliphatic heterocycles. The van der Waals surface area contributed by atoms with E-state index in [-0.39, 0.29) is 0 Å². The van der Waals surface area contributed by atoms with Crippen molar-refractivity contribution in [1.29, 1.82) is 0 Å². The van der Waals surface area contributed by atoms with Gasteiger partial charge in [0.05, 0.1) is 12.2 Å². The highest BCUT2D eigenvalue weighted by molar-refractivity contribution is 4.77. The maximum absolute atomic E-state index is 6.05. The van der Waals surface area contributed by atoms with Crippen molar-refractivity contribution in [3.8, 4) is 0 Å². The van der Waals surface area contributed by atoms with Crippen LogP contribution in [0.5, 0.6) is 0 Å². The number of piperidine rings is 1. The summed E-state index contributed by atoms with van der Waals surface area (Å²) in [7, 11) is 1.50. The van der Waals surface area contributed by atoms with E-state index >= 15 is 0 Å². The Morgan fingerprint density at radius 2 is 1.47 bits per heavy atom. The molecule has 1 heterocycles. The van der Waals surface area contributed by atoms with Gasteiger partial charge in [-0.3, -0.25) is 0 Å². The third-order valence-electron chi connectivity index (χ3n) is 3.60. The number of hydrogen-bond acceptors (Lipinski definition) is 3. The zero-order valence-electron chi connectivity index (χ0n) is 13.8. The lowest BCUT2D eigenvalue weighted by molar-refractivity contribution is -0.0740. The van der Waals surface area contributed by atoms with E-state index in [4.69, 9.17) is 4.74 Å². The van der Waals surface area contributed by atoms with Crippen molar-refractivity contribution in [2.75, 3.05) is 26.7 Å². The molecule has 2 aliphatic rings. The molecule has 0 aromatic rings. The van der Waals surface area contributed by atoms with Crippen LogP contribution in [0.3, 0.4) is 0 Å². The summed E-state index contributed by atoms with van der Waals surface area (Å²) in [4.78, 5) is 2.59. The van der Waals surface area contributed by atoms with E-state index in [1.165, 1.54) is 58.8 Å². The first kappa shape index (κ1) is 18.9. The molecule has 0 aromatic carbocycles. The SMILES string of the molecule is CC.CC(C)CN1CCC(OC2CCC2)CC1.CN. The van der Waals surface area contributed by atoms with Gasteiger partial charge in [0.15, 0.2) is 0 Å². The standard InChI is InChI=1S/C13H25NO.C2H6.CH5N/c1-11(2)10-14-8-6-13(7-9-14)15-12-4-3-5-12;2*1-2/h11-13H,3-10H2,1-2H3;1-2H3;2H2,1H3. The molecule has 2 fully saturated rings. The van der Waals surface area contributed by atoms with E-state index in [0.29, 0.717) is 12.2 Å². The van der Waals surface area contributed by atoms with Crippen LogP contribution in [0.15, 0.2) is 0 Å². The second kappa shape index (κ2) is 11.7. The number of ether oxygens (including phenoxy) is 1. The van der Waals surface area contributed by atoms with Crippen molar-refractivity contribution in [3.05, 3.63) is 0 Å². The summed E-state index contributed by atoms with van der Waals surface area (Å²) in [5.74, 6) is 0.800. The van der Waals surface area contributed by atoms with Gasteiger partial charge in [0.25, 0.3) is 0 Å². The van der Waals surface area contributed by atoms with Crippen LogP contribution in [0.25, 0.3) is 0 Å². The molecule has 0 radical (unpaired) electrons. The fourth-order valence-corrected chi connectivity index (χ4v) is 2.52. The van der Waals surface area contributed by atoms with Crippen LogP contribution in [0.2, 0.25) is 0 Å². The average Bonchev–Trinajstić information content (AvgIpc) is 2.40. The van der Waals surface area contributed by atoms with Gasteiger partial charge in [-0.15, -0.1) is 0 Å². The summed E-state index contributed by atoms with van der Waals surface area (Å²) >= 11 is 0. The summed E-state index contributed by atoms with van der Waals surface area (Å²) in [6.45, 7) is 12.4. The highest BCUT2D eigenvalue weighted by atomic mass is 16.5. The first-order chi connectivity index (χ1) is 9.24. The Balaban J connectivity index is 0.000000741. The van der Waals surface area contributed by atoms with Crippen molar-refractivity contribution in [2.45, 2.75) is 72.0 Å². The monoisotopic (exact) mass is 272 g/mol. The first-order valence-corrected chi connectivity index (χ1v) is 8.19. The predicted molar refractivity (Wildman–Crippen MR) is 84.5 cm³/mol. The normalized spacial score (nSPS) is 21.0. The molecule has 1 aliphatic carbocycles. The molecule has 0 aromatic heterocycles. The molecule has 0 spiro atoms. The summed E-state index contributed by atoms with van der Waals surface area (Å²) in [5.41, 5.74) is 4.50. The third kappa shape index (κ3) is 7.91. The number of nitrogens with two attached hydrogens (primary N) is 1. The lowest BCUT2D eigenvalue weighted by Crippen LogP contribution is -2.40. The van der Waals surface area contributed by atoms with E-state index in [1.54, 1.807) is 0 Å². The highest BCUT2D eigenvalue weighted by Gasteiger charge is 2.25. The lowest BCUT2D eigenvalue weighted by atomic mass is 9.95. The highest BCUT2D eigenvalue weighted by Crippen LogP contribution is 2.26. The number of hydrogen-bond donors (Lipinski definition) is 1. The molecule has 0 bridgehead atoms. The molecular formula is C16H36N2O. The number of nitrogens with zero attached hydrogens (tertiary/aromatic N) is 1. The van der Waals surface area contributed by atoms with Gasteiger partial charge in [0.1, 0.15) is 0 Å². The van der Waals surface area contributed by atoms with Gasteiger partial charge >= 0.3 is 0 Å². The van der Waals surface area contributed by atoms with Gasteiger partial charge in [0.2, 0.25) is 0 Å². The topological polar surface area (TPSA) is 38.5 Å². The minimum atomic E-state index is 0.568. The zero-order chi connectivity index (χ0) is 14.7. The molecule has 1 saturated carbocycles. The molecule has 0 unspecified atom stereocenters. The van der Waals surface area contributed by atoms with Crippen LogP contribution in [0, 0.1) is 5.92 Å². The quantitative estimate of drug-likeness (QED) is 0.853. The van der Waals surface area contributed by atoms with Gasteiger partial charge < -0.3 is 15.4 Å². The summed E-state index contributed by atoms with van der Waals surface area (Å²) in [6, 6.07) is 0. The average molecular weight is 272 g/mol. The molecule has 3 nitrogen and oxygen atoms in total. The largest absolute Gasteiger partial charge is 0.375 e. The molecule has 2 rings (SSSR count). The third-order valence-corrected chi connectivity index (χ3v) is 3.60. The minimum absolute atomic E-state index is 0.568. The Kier molecular flexibility index (Phi) is 11.6. The Morgan fingerprint density at radius 1 is 1.00 bits per heavy atom. The Labute approximate surface area is 120 Å². The molecular weight excluding hydrogens is 236 g/mol. The Morgan fingerprint density at radius 3 is 1.84 bits per heavy atom. The maximum atomic E-state index is 6.05. The van der Waals surface area contributed by atoms with Crippen molar-refractivity contribution in [1.82, 2.24) is 4.90 Å². The lowest BCUT2D eigenvalue weighted by Gasteiger charge is -2.36. The van der Waals surface area contributed by atoms with Gasteiger partial charge in [-0.25, -0.2) is 0 Å². The van der Waals surface area contributed by atoms with E-state index in [9.17, 15) is 0 Å². The van der Waals surface area contributed by atoms with E-state index in [0.717, 1.165) is 5.92 Å². The van der Waals surface area contributed by atoms with Crippen LogP contribution in [-0.4, -0.2) is 43.8 Å². The summed E-state index contributed by atoms with van der Waals surface area (Å²) in [6.07, 6.45) is 7.70. The molecule has 1 saturated heterocycles. The van der Waals surface area contributed by atoms with Crippen molar-refractivity contribution < 1.29 is 4.74 Å². The van der Waals surface area contributed by atoms with Crippen LogP contribution >= 0.6 is 0 Å². The Hall–Kier alpha value is -0.120. The molecule has 19 heavy (non-hydrogen) atoms. The second-order valence-electron chi connectivity index (χ2n) is 5.58. The van der Waals surface area contributed by atoms with Crippen molar-refractivity contribution >= 4 is 0 Å². The first-order valence-electron chi connectivity index (χ1n) is 8.19. The van der Waals surface area contributed by atoms with E-state index < -0.39 is 0 Å². The molecule has 3 heteroatoms.